The predicted molar refractivity (Wildman–Crippen MR) is 140 cm³/mol. The lowest BCUT2D eigenvalue weighted by Gasteiger charge is -2.70. The van der Waals surface area contributed by atoms with Crippen LogP contribution in [0.15, 0.2) is 11.1 Å². The summed E-state index contributed by atoms with van der Waals surface area (Å²) in [5.74, 6) is 2.97. The standard InChI is InChI=1S/C32H52O2/c1-20(2)22-10-11-23-24-12-13-26-30(7)16-15-27(34-21(3)33)28(4,5)25(30)14-17-32(26,9)31(24,8)19-18-29(22,23)6/h20,22,25-27H,10-19H2,1-9H3/t22-,25?,26?,27-,29-,30-,31-,32-/m0/s1. The van der Waals surface area contributed by atoms with E-state index in [0.29, 0.717) is 27.6 Å². The molecule has 34 heavy (non-hydrogen) atoms. The molecule has 0 saturated heterocycles. The molecule has 2 unspecified atom stereocenters. The Morgan fingerprint density at radius 3 is 2.15 bits per heavy atom. The summed E-state index contributed by atoms with van der Waals surface area (Å²) >= 11 is 0. The Bertz CT molecular complexity index is 897. The minimum Gasteiger partial charge on any atom is -0.462 e. The van der Waals surface area contributed by atoms with Crippen LogP contribution in [-0.4, -0.2) is 12.1 Å². The molecule has 0 aliphatic heterocycles. The number of carbonyl (C=O) groups excluding carboxylic acids is 1. The molecule has 192 valence electrons. The highest BCUT2D eigenvalue weighted by Crippen LogP contribution is 2.76. The SMILES string of the molecule is CC(=O)O[C@H]1CC[C@@]2(C)C(CC[C@@]3(C)C2CCC2=C4CC[C@@H](C(C)C)[C@]4(C)CC[C@@]23C)C1(C)C. The molecular weight excluding hydrogens is 416 g/mol. The van der Waals surface area contributed by atoms with Gasteiger partial charge in [0.15, 0.2) is 0 Å². The lowest BCUT2D eigenvalue weighted by Crippen LogP contribution is -2.64. The molecule has 0 heterocycles. The summed E-state index contributed by atoms with van der Waals surface area (Å²) in [5.41, 5.74) is 5.44. The van der Waals surface area contributed by atoms with Crippen molar-refractivity contribution >= 4 is 5.97 Å². The average Bonchev–Trinajstić information content (AvgIpc) is 3.08. The first-order valence-corrected chi connectivity index (χ1v) is 14.6. The second-order valence-electron chi connectivity index (χ2n) is 15.2. The molecule has 0 radical (unpaired) electrons. The van der Waals surface area contributed by atoms with Crippen molar-refractivity contribution < 1.29 is 9.53 Å². The van der Waals surface area contributed by atoms with E-state index in [4.69, 9.17) is 4.74 Å². The molecule has 0 spiro atoms. The van der Waals surface area contributed by atoms with Gasteiger partial charge in [0.1, 0.15) is 6.10 Å². The van der Waals surface area contributed by atoms with Gasteiger partial charge in [-0.15, -0.1) is 0 Å². The van der Waals surface area contributed by atoms with Crippen molar-refractivity contribution in [2.45, 2.75) is 133 Å². The summed E-state index contributed by atoms with van der Waals surface area (Å²) in [6.45, 7) is 22.0. The van der Waals surface area contributed by atoms with Crippen molar-refractivity contribution in [1.82, 2.24) is 0 Å². The second-order valence-corrected chi connectivity index (χ2v) is 15.2. The Balaban J connectivity index is 1.52. The van der Waals surface area contributed by atoms with Crippen LogP contribution >= 0.6 is 0 Å². The van der Waals surface area contributed by atoms with E-state index in [1.807, 2.05) is 11.1 Å². The molecule has 0 amide bonds. The van der Waals surface area contributed by atoms with Crippen LogP contribution < -0.4 is 0 Å². The van der Waals surface area contributed by atoms with Gasteiger partial charge in [-0.1, -0.05) is 66.5 Å². The van der Waals surface area contributed by atoms with Crippen molar-refractivity contribution in [2.75, 3.05) is 0 Å². The first-order valence-electron chi connectivity index (χ1n) is 14.6. The average molecular weight is 469 g/mol. The molecular formula is C32H52O2. The molecule has 0 aromatic rings. The van der Waals surface area contributed by atoms with Gasteiger partial charge in [-0.3, -0.25) is 4.79 Å². The van der Waals surface area contributed by atoms with E-state index in [-0.39, 0.29) is 17.5 Å². The number of ether oxygens (including phenoxy) is 1. The number of rotatable bonds is 2. The normalized spacial score (nSPS) is 49.7. The molecule has 0 N–H and O–H groups in total. The lowest BCUT2D eigenvalue weighted by molar-refractivity contribution is -0.213. The highest BCUT2D eigenvalue weighted by molar-refractivity contribution is 5.66. The number of carbonyl (C=O) groups is 1. The highest BCUT2D eigenvalue weighted by atomic mass is 16.5. The van der Waals surface area contributed by atoms with Gasteiger partial charge in [-0.25, -0.2) is 0 Å². The van der Waals surface area contributed by atoms with Crippen molar-refractivity contribution in [3.8, 4) is 0 Å². The van der Waals surface area contributed by atoms with Crippen molar-refractivity contribution in [3.63, 3.8) is 0 Å². The van der Waals surface area contributed by atoms with Crippen LogP contribution in [0, 0.1) is 50.7 Å². The van der Waals surface area contributed by atoms with Crippen molar-refractivity contribution in [1.29, 1.82) is 0 Å². The van der Waals surface area contributed by atoms with E-state index in [9.17, 15) is 4.79 Å². The molecule has 5 aliphatic carbocycles. The maximum atomic E-state index is 11.9. The molecule has 4 fully saturated rings. The summed E-state index contributed by atoms with van der Waals surface area (Å²) in [7, 11) is 0. The number of esters is 1. The van der Waals surface area contributed by atoms with Gasteiger partial charge in [-0.05, 0) is 110 Å². The topological polar surface area (TPSA) is 26.3 Å². The third-order valence-corrected chi connectivity index (χ3v) is 13.4. The summed E-state index contributed by atoms with van der Waals surface area (Å²) in [6.07, 6.45) is 13.2. The van der Waals surface area contributed by atoms with E-state index < -0.39 is 0 Å². The van der Waals surface area contributed by atoms with E-state index in [1.54, 1.807) is 6.92 Å². The second kappa shape index (κ2) is 7.61. The van der Waals surface area contributed by atoms with E-state index in [1.165, 1.54) is 57.8 Å². The smallest absolute Gasteiger partial charge is 0.302 e. The molecule has 2 nitrogen and oxygen atoms in total. The first kappa shape index (κ1) is 24.9. The minimum absolute atomic E-state index is 0.0563. The number of hydrogen-bond acceptors (Lipinski definition) is 2. The van der Waals surface area contributed by atoms with Crippen LogP contribution in [0.2, 0.25) is 0 Å². The Kier molecular flexibility index (Phi) is 5.57. The van der Waals surface area contributed by atoms with Crippen LogP contribution in [0.5, 0.6) is 0 Å². The van der Waals surface area contributed by atoms with Crippen LogP contribution in [0.4, 0.5) is 0 Å². The summed E-state index contributed by atoms with van der Waals surface area (Å²) in [5, 5.41) is 0. The largest absolute Gasteiger partial charge is 0.462 e. The van der Waals surface area contributed by atoms with Gasteiger partial charge in [0, 0.05) is 12.3 Å². The molecule has 5 aliphatic rings. The predicted octanol–water partition coefficient (Wildman–Crippen LogP) is 8.74. The molecule has 4 saturated carbocycles. The Labute approximate surface area is 210 Å². The maximum absolute atomic E-state index is 11.9. The molecule has 8 atom stereocenters. The third kappa shape index (κ3) is 3.01. The van der Waals surface area contributed by atoms with E-state index >= 15 is 0 Å². The number of hydrogen-bond donors (Lipinski definition) is 0. The summed E-state index contributed by atoms with van der Waals surface area (Å²) in [6, 6.07) is 0. The maximum Gasteiger partial charge on any atom is 0.302 e. The van der Waals surface area contributed by atoms with Gasteiger partial charge in [0.2, 0.25) is 0 Å². The quantitative estimate of drug-likeness (QED) is 0.299. The number of allylic oxidation sites excluding steroid dienone is 2. The van der Waals surface area contributed by atoms with Crippen LogP contribution in [-0.2, 0) is 9.53 Å². The molecule has 0 aromatic heterocycles. The van der Waals surface area contributed by atoms with Gasteiger partial charge < -0.3 is 4.74 Å². The van der Waals surface area contributed by atoms with Crippen LogP contribution in [0.25, 0.3) is 0 Å². The summed E-state index contributed by atoms with van der Waals surface area (Å²) < 4.78 is 5.91. The van der Waals surface area contributed by atoms with Gasteiger partial charge in [0.25, 0.3) is 0 Å². The molecule has 0 aromatic carbocycles. The fourth-order valence-corrected chi connectivity index (χ4v) is 11.6. The number of fused-ring (bicyclic) bond motifs is 6. The van der Waals surface area contributed by atoms with Crippen molar-refractivity contribution in [2.24, 2.45) is 50.7 Å². The van der Waals surface area contributed by atoms with Gasteiger partial charge in [-0.2, -0.15) is 0 Å². The fourth-order valence-electron chi connectivity index (χ4n) is 11.6. The minimum atomic E-state index is -0.106. The van der Waals surface area contributed by atoms with Gasteiger partial charge >= 0.3 is 5.97 Å². The fraction of sp³-hybridized carbons (Fsp3) is 0.906. The Morgan fingerprint density at radius 1 is 0.824 bits per heavy atom. The molecule has 2 heteroatoms. The highest BCUT2D eigenvalue weighted by Gasteiger charge is 2.68. The summed E-state index contributed by atoms with van der Waals surface area (Å²) in [4.78, 5) is 11.9. The third-order valence-electron chi connectivity index (χ3n) is 13.4. The van der Waals surface area contributed by atoms with E-state index in [2.05, 4.69) is 55.4 Å². The zero-order valence-corrected chi connectivity index (χ0v) is 23.8. The van der Waals surface area contributed by atoms with Crippen LogP contribution in [0.1, 0.15) is 127 Å². The monoisotopic (exact) mass is 468 g/mol. The lowest BCUT2D eigenvalue weighted by atomic mass is 9.34. The van der Waals surface area contributed by atoms with Crippen LogP contribution in [0.3, 0.4) is 0 Å². The van der Waals surface area contributed by atoms with E-state index in [0.717, 1.165) is 24.2 Å². The first-order chi connectivity index (χ1) is 15.7. The Hall–Kier alpha value is -0.790. The zero-order valence-electron chi connectivity index (χ0n) is 23.8. The molecule has 5 rings (SSSR count). The van der Waals surface area contributed by atoms with Gasteiger partial charge in [0.05, 0.1) is 0 Å². The van der Waals surface area contributed by atoms with Crippen molar-refractivity contribution in [3.05, 3.63) is 11.1 Å². The zero-order chi connectivity index (χ0) is 24.9. The Morgan fingerprint density at radius 2 is 1.50 bits per heavy atom. The molecule has 0 bridgehead atoms.